The van der Waals surface area contributed by atoms with Crippen molar-refractivity contribution in [1.82, 2.24) is 14.5 Å². The molecular weight excluding hydrogens is 266 g/mol. The van der Waals surface area contributed by atoms with E-state index in [1.54, 1.807) is 0 Å². The van der Waals surface area contributed by atoms with Crippen LogP contribution < -0.4 is 0 Å². The van der Waals surface area contributed by atoms with Gasteiger partial charge in [0.15, 0.2) is 0 Å². The molecule has 5 heteroatoms. The number of nitrogens with zero attached hydrogens (tertiary/aromatic N) is 3. The Balaban J connectivity index is 1.55. The van der Waals surface area contributed by atoms with Gasteiger partial charge in [0.1, 0.15) is 10.0 Å². The topological polar surface area (TPSA) is 29.0 Å². The highest BCUT2D eigenvalue weighted by Crippen LogP contribution is 2.44. The van der Waals surface area contributed by atoms with Crippen molar-refractivity contribution in [3.8, 4) is 0 Å². The molecule has 3 nitrogen and oxygen atoms in total. The monoisotopic (exact) mass is 285 g/mol. The predicted octanol–water partition coefficient (Wildman–Crippen LogP) is 3.74. The van der Waals surface area contributed by atoms with Gasteiger partial charge >= 0.3 is 0 Å². The molecule has 1 saturated heterocycles. The van der Waals surface area contributed by atoms with Gasteiger partial charge < -0.3 is 0 Å². The summed E-state index contributed by atoms with van der Waals surface area (Å²) in [5.41, 5.74) is 1.64. The van der Waals surface area contributed by atoms with Crippen LogP contribution in [0.25, 0.3) is 0 Å². The number of likely N-dealkylation sites (tertiary alicyclic amines) is 1. The van der Waals surface area contributed by atoms with Gasteiger partial charge in [0.2, 0.25) is 0 Å². The van der Waals surface area contributed by atoms with Gasteiger partial charge in [0.25, 0.3) is 0 Å². The highest BCUT2D eigenvalue weighted by atomic mass is 35.5. The highest BCUT2D eigenvalue weighted by molar-refractivity contribution is 7.10. The van der Waals surface area contributed by atoms with Crippen molar-refractivity contribution in [1.29, 1.82) is 0 Å². The number of aromatic nitrogens is 2. The van der Waals surface area contributed by atoms with Gasteiger partial charge in [0.05, 0.1) is 0 Å². The van der Waals surface area contributed by atoms with E-state index in [2.05, 4.69) is 14.5 Å². The molecule has 0 amide bonds. The van der Waals surface area contributed by atoms with Crippen LogP contribution in [0.15, 0.2) is 0 Å². The third-order valence-corrected chi connectivity index (χ3v) is 5.70. The number of hydrogen-bond acceptors (Lipinski definition) is 4. The summed E-state index contributed by atoms with van der Waals surface area (Å²) >= 11 is 7.36. The van der Waals surface area contributed by atoms with Gasteiger partial charge in [-0.1, -0.05) is 35.4 Å². The Morgan fingerprint density at radius 3 is 2.44 bits per heavy atom. The molecule has 100 valence electrons. The van der Waals surface area contributed by atoms with Crippen LogP contribution in [0.5, 0.6) is 0 Å². The van der Waals surface area contributed by atoms with Crippen LogP contribution in [0.3, 0.4) is 0 Å². The first kappa shape index (κ1) is 12.8. The van der Waals surface area contributed by atoms with E-state index in [1.807, 2.05) is 0 Å². The summed E-state index contributed by atoms with van der Waals surface area (Å²) in [4.78, 5) is 2.49. The highest BCUT2D eigenvalue weighted by Gasteiger charge is 2.35. The average molecular weight is 286 g/mol. The Morgan fingerprint density at radius 2 is 1.83 bits per heavy atom. The van der Waals surface area contributed by atoms with Crippen molar-refractivity contribution in [3.63, 3.8) is 0 Å². The lowest BCUT2D eigenvalue weighted by molar-refractivity contribution is 0.0635. The van der Waals surface area contributed by atoms with Gasteiger partial charge in [-0.2, -0.15) is 0 Å². The maximum atomic E-state index is 6.07. The Kier molecular flexibility index (Phi) is 3.87. The average Bonchev–Trinajstić information content (AvgIpc) is 2.79. The quantitative estimate of drug-likeness (QED) is 0.829. The summed E-state index contributed by atoms with van der Waals surface area (Å²) in [6.07, 6.45) is 9.99. The van der Waals surface area contributed by atoms with Crippen LogP contribution >= 0.6 is 23.1 Å². The molecule has 2 fully saturated rings. The van der Waals surface area contributed by atoms with Crippen LogP contribution in [0.4, 0.5) is 0 Å². The molecule has 0 unspecified atom stereocenters. The maximum Gasteiger partial charge on any atom is 0.138 e. The minimum absolute atomic E-state index is 0.679. The zero-order valence-corrected chi connectivity index (χ0v) is 12.3. The smallest absolute Gasteiger partial charge is 0.138 e. The molecule has 1 saturated carbocycles. The molecule has 0 bridgehead atoms. The Bertz CT molecular complexity index is 391. The van der Waals surface area contributed by atoms with Crippen molar-refractivity contribution in [3.05, 3.63) is 10.0 Å². The molecule has 2 aliphatic rings. The zero-order chi connectivity index (χ0) is 12.4. The third-order valence-electron chi connectivity index (χ3n) is 4.71. The lowest BCUT2D eigenvalue weighted by Crippen LogP contribution is -2.40. The van der Waals surface area contributed by atoms with Crippen LogP contribution in [0, 0.1) is 5.41 Å². The van der Waals surface area contributed by atoms with Crippen LogP contribution in [0.2, 0.25) is 4.34 Å². The molecule has 18 heavy (non-hydrogen) atoms. The summed E-state index contributed by atoms with van der Waals surface area (Å²) in [7, 11) is 0. The molecule has 1 aromatic rings. The first-order valence-corrected chi connectivity index (χ1v) is 8.12. The first-order chi connectivity index (χ1) is 8.77. The van der Waals surface area contributed by atoms with Crippen molar-refractivity contribution in [2.45, 2.75) is 51.5 Å². The number of halogens is 1. The Labute approximate surface area is 118 Å². The largest absolute Gasteiger partial charge is 0.297 e. The van der Waals surface area contributed by atoms with Gasteiger partial charge in [-0.3, -0.25) is 4.90 Å². The SMILES string of the molecule is Clc1snnc1CN1CCC2(CCCCC2)CC1. The van der Waals surface area contributed by atoms with Crippen molar-refractivity contribution >= 4 is 23.1 Å². The summed E-state index contributed by atoms with van der Waals surface area (Å²) in [5, 5.41) is 4.11. The summed E-state index contributed by atoms with van der Waals surface area (Å²) < 4.78 is 4.66. The molecule has 1 aromatic heterocycles. The molecular formula is C13H20ClN3S. The van der Waals surface area contributed by atoms with Crippen LogP contribution in [-0.4, -0.2) is 27.6 Å². The lowest BCUT2D eigenvalue weighted by atomic mass is 9.68. The Morgan fingerprint density at radius 1 is 1.11 bits per heavy atom. The standard InChI is InChI=1S/C13H20ClN3S/c14-12-11(15-16-18-12)10-17-8-6-13(7-9-17)4-2-1-3-5-13/h1-10H2. The van der Waals surface area contributed by atoms with Crippen molar-refractivity contribution in [2.75, 3.05) is 13.1 Å². The summed E-state index contributed by atoms with van der Waals surface area (Å²) in [5.74, 6) is 0. The minimum Gasteiger partial charge on any atom is -0.297 e. The minimum atomic E-state index is 0.679. The first-order valence-electron chi connectivity index (χ1n) is 6.97. The number of piperidine rings is 1. The van der Waals surface area contributed by atoms with Gasteiger partial charge in [-0.15, -0.1) is 5.10 Å². The fourth-order valence-corrected chi connectivity index (χ4v) is 4.10. The second kappa shape index (κ2) is 5.43. The van der Waals surface area contributed by atoms with E-state index in [0.29, 0.717) is 5.41 Å². The second-order valence-electron chi connectivity index (χ2n) is 5.83. The van der Waals surface area contributed by atoms with Crippen molar-refractivity contribution < 1.29 is 0 Å². The molecule has 1 aliphatic heterocycles. The van der Waals surface area contributed by atoms with Gasteiger partial charge in [0, 0.05) is 18.1 Å². The van der Waals surface area contributed by atoms with Gasteiger partial charge in [-0.25, -0.2) is 0 Å². The van der Waals surface area contributed by atoms with Crippen molar-refractivity contribution in [2.24, 2.45) is 5.41 Å². The summed E-state index contributed by atoms with van der Waals surface area (Å²) in [6.45, 7) is 3.28. The van der Waals surface area contributed by atoms with Crippen LogP contribution in [0.1, 0.15) is 50.6 Å². The van der Waals surface area contributed by atoms with Crippen LogP contribution in [-0.2, 0) is 6.54 Å². The summed E-state index contributed by atoms with van der Waals surface area (Å²) in [6, 6.07) is 0. The fraction of sp³-hybridized carbons (Fsp3) is 0.846. The fourth-order valence-electron chi connectivity index (χ4n) is 3.49. The molecule has 0 aromatic carbocycles. The van der Waals surface area contributed by atoms with E-state index < -0.39 is 0 Å². The van der Waals surface area contributed by atoms with E-state index >= 15 is 0 Å². The molecule has 3 rings (SSSR count). The maximum absolute atomic E-state index is 6.07. The normalized spacial score (nSPS) is 24.5. The molecule has 1 aliphatic carbocycles. The second-order valence-corrected chi connectivity index (χ2v) is 7.19. The number of hydrogen-bond donors (Lipinski definition) is 0. The van der Waals surface area contributed by atoms with E-state index in [1.165, 1.54) is 69.6 Å². The molecule has 0 atom stereocenters. The Hall–Kier alpha value is -0.190. The third kappa shape index (κ3) is 2.70. The van der Waals surface area contributed by atoms with E-state index in [9.17, 15) is 0 Å². The zero-order valence-electron chi connectivity index (χ0n) is 10.7. The molecule has 0 radical (unpaired) electrons. The van der Waals surface area contributed by atoms with E-state index in [0.717, 1.165) is 16.6 Å². The number of rotatable bonds is 2. The molecule has 1 spiro atoms. The molecule has 2 heterocycles. The molecule has 0 N–H and O–H groups in total. The predicted molar refractivity (Wildman–Crippen MR) is 74.9 cm³/mol. The van der Waals surface area contributed by atoms with E-state index in [4.69, 9.17) is 11.6 Å². The van der Waals surface area contributed by atoms with Gasteiger partial charge in [-0.05, 0) is 44.2 Å². The van der Waals surface area contributed by atoms with E-state index in [-0.39, 0.29) is 0 Å². The lowest BCUT2D eigenvalue weighted by Gasteiger charge is -2.44.